The minimum Gasteiger partial charge on any atom is -0.370 e. The van der Waals surface area contributed by atoms with Gasteiger partial charge in [0.25, 0.3) is 0 Å². The number of aryl methyl sites for hydroxylation is 2. The summed E-state index contributed by atoms with van der Waals surface area (Å²) < 4.78 is 14.0. The Morgan fingerprint density at radius 3 is 2.48 bits per heavy atom. The van der Waals surface area contributed by atoms with Crippen molar-refractivity contribution in [2.24, 2.45) is 0 Å². The fourth-order valence-electron chi connectivity index (χ4n) is 2.07. The van der Waals surface area contributed by atoms with Crippen molar-refractivity contribution in [1.29, 1.82) is 0 Å². The van der Waals surface area contributed by atoms with Crippen LogP contribution in [0.1, 0.15) is 30.3 Å². The molecule has 0 amide bonds. The van der Waals surface area contributed by atoms with Gasteiger partial charge in [-0.1, -0.05) is 19.1 Å². The van der Waals surface area contributed by atoms with Crippen LogP contribution in [0, 0.1) is 26.6 Å². The molecule has 5 heteroatoms. The number of benzene rings is 1. The second-order valence-electron chi connectivity index (χ2n) is 5.08. The Balaban J connectivity index is 2.38. The van der Waals surface area contributed by atoms with Crippen molar-refractivity contribution in [3.05, 3.63) is 41.0 Å². The summed E-state index contributed by atoms with van der Waals surface area (Å²) in [7, 11) is 0. The normalized spacial score (nSPS) is 10.5. The molecule has 112 valence electrons. The lowest BCUT2D eigenvalue weighted by Crippen LogP contribution is -2.09. The van der Waals surface area contributed by atoms with Gasteiger partial charge in [0, 0.05) is 12.1 Å². The van der Waals surface area contributed by atoms with Gasteiger partial charge in [0.2, 0.25) is 0 Å². The minimum atomic E-state index is -0.284. The van der Waals surface area contributed by atoms with Crippen LogP contribution in [0.25, 0.3) is 0 Å². The van der Waals surface area contributed by atoms with Gasteiger partial charge in [-0.15, -0.1) is 0 Å². The van der Waals surface area contributed by atoms with Crippen LogP contribution in [0.4, 0.5) is 21.7 Å². The Labute approximate surface area is 124 Å². The largest absolute Gasteiger partial charge is 0.370 e. The lowest BCUT2D eigenvalue weighted by Gasteiger charge is -2.15. The standard InChI is InChI=1S/C16H21FN4/c1-5-9-18-15-11(3)16(20-12(4)19-15)21-14-10(2)7-6-8-13(14)17/h6-8H,5,9H2,1-4H3,(H2,18,19,20,21). The molecule has 0 saturated carbocycles. The quantitative estimate of drug-likeness (QED) is 0.869. The van der Waals surface area contributed by atoms with E-state index in [0.29, 0.717) is 17.3 Å². The fourth-order valence-corrected chi connectivity index (χ4v) is 2.07. The smallest absolute Gasteiger partial charge is 0.146 e. The van der Waals surface area contributed by atoms with Gasteiger partial charge in [-0.25, -0.2) is 14.4 Å². The average Bonchev–Trinajstić information content (AvgIpc) is 2.44. The number of rotatable bonds is 5. The molecule has 0 unspecified atom stereocenters. The van der Waals surface area contributed by atoms with Gasteiger partial charge in [0.1, 0.15) is 23.3 Å². The third kappa shape index (κ3) is 3.48. The minimum absolute atomic E-state index is 0.284. The topological polar surface area (TPSA) is 49.8 Å². The third-order valence-electron chi connectivity index (χ3n) is 3.27. The first-order chi connectivity index (χ1) is 10.0. The molecule has 0 aliphatic rings. The summed E-state index contributed by atoms with van der Waals surface area (Å²) in [6.07, 6.45) is 1.01. The van der Waals surface area contributed by atoms with Crippen LogP contribution in [0.3, 0.4) is 0 Å². The summed E-state index contributed by atoms with van der Waals surface area (Å²) in [5.74, 6) is 1.79. The highest BCUT2D eigenvalue weighted by Gasteiger charge is 2.12. The average molecular weight is 288 g/mol. The second kappa shape index (κ2) is 6.52. The molecule has 0 aliphatic carbocycles. The highest BCUT2D eigenvalue weighted by atomic mass is 19.1. The Morgan fingerprint density at radius 2 is 1.81 bits per heavy atom. The van der Waals surface area contributed by atoms with Crippen molar-refractivity contribution in [2.75, 3.05) is 17.2 Å². The number of hydrogen-bond acceptors (Lipinski definition) is 4. The summed E-state index contributed by atoms with van der Waals surface area (Å²) in [6.45, 7) is 8.56. The molecule has 4 nitrogen and oxygen atoms in total. The number of hydrogen-bond donors (Lipinski definition) is 2. The summed E-state index contributed by atoms with van der Waals surface area (Å²) in [5.41, 5.74) is 2.19. The van der Waals surface area contributed by atoms with Gasteiger partial charge in [-0.2, -0.15) is 0 Å². The van der Waals surface area contributed by atoms with E-state index in [1.807, 2.05) is 26.8 Å². The van der Waals surface area contributed by atoms with Gasteiger partial charge < -0.3 is 10.6 Å². The van der Waals surface area contributed by atoms with E-state index >= 15 is 0 Å². The highest BCUT2D eigenvalue weighted by Crippen LogP contribution is 2.27. The second-order valence-corrected chi connectivity index (χ2v) is 5.08. The van der Waals surface area contributed by atoms with Gasteiger partial charge in [-0.05, 0) is 38.8 Å². The molecule has 1 heterocycles. The molecule has 2 aromatic rings. The molecule has 2 N–H and O–H groups in total. The number of aromatic nitrogens is 2. The maximum Gasteiger partial charge on any atom is 0.146 e. The first kappa shape index (κ1) is 15.2. The maximum absolute atomic E-state index is 14.0. The predicted molar refractivity (Wildman–Crippen MR) is 84.7 cm³/mol. The summed E-state index contributed by atoms with van der Waals surface area (Å²) in [6, 6.07) is 5.00. The zero-order chi connectivity index (χ0) is 15.4. The van der Waals surface area contributed by atoms with E-state index in [0.717, 1.165) is 29.9 Å². The molecule has 0 fully saturated rings. The molecule has 1 aromatic carbocycles. The first-order valence-electron chi connectivity index (χ1n) is 7.14. The fraction of sp³-hybridized carbons (Fsp3) is 0.375. The molecule has 2 rings (SSSR count). The highest BCUT2D eigenvalue weighted by molar-refractivity contribution is 5.67. The SMILES string of the molecule is CCCNc1nc(C)nc(Nc2c(C)cccc2F)c1C. The maximum atomic E-state index is 14.0. The zero-order valence-electron chi connectivity index (χ0n) is 12.9. The van der Waals surface area contributed by atoms with Crippen LogP contribution >= 0.6 is 0 Å². The van der Waals surface area contributed by atoms with Gasteiger partial charge in [0.05, 0.1) is 5.69 Å². The summed E-state index contributed by atoms with van der Waals surface area (Å²) in [5, 5.41) is 6.37. The van der Waals surface area contributed by atoms with E-state index in [-0.39, 0.29) is 5.82 Å². The number of anilines is 3. The molecule has 0 atom stereocenters. The first-order valence-corrected chi connectivity index (χ1v) is 7.14. The number of nitrogens with one attached hydrogen (secondary N) is 2. The van der Waals surface area contributed by atoms with E-state index in [1.165, 1.54) is 6.07 Å². The Morgan fingerprint density at radius 1 is 1.10 bits per heavy atom. The van der Waals surface area contributed by atoms with Gasteiger partial charge in [0.15, 0.2) is 0 Å². The Bertz CT molecular complexity index is 620. The Kier molecular flexibility index (Phi) is 4.73. The number of nitrogens with zero attached hydrogens (tertiary/aromatic N) is 2. The van der Waals surface area contributed by atoms with E-state index in [9.17, 15) is 4.39 Å². The van der Waals surface area contributed by atoms with Crippen LogP contribution in [0.5, 0.6) is 0 Å². The number of para-hydroxylation sites is 1. The van der Waals surface area contributed by atoms with Gasteiger partial charge in [-0.3, -0.25) is 0 Å². The van der Waals surface area contributed by atoms with Crippen LogP contribution in [0.15, 0.2) is 18.2 Å². The van der Waals surface area contributed by atoms with Crippen molar-refractivity contribution in [3.8, 4) is 0 Å². The predicted octanol–water partition coefficient (Wildman–Crippen LogP) is 4.11. The summed E-state index contributed by atoms with van der Waals surface area (Å²) >= 11 is 0. The van der Waals surface area contributed by atoms with E-state index < -0.39 is 0 Å². The van der Waals surface area contributed by atoms with Crippen LogP contribution in [-0.4, -0.2) is 16.5 Å². The van der Waals surface area contributed by atoms with Crippen molar-refractivity contribution >= 4 is 17.3 Å². The third-order valence-corrected chi connectivity index (χ3v) is 3.27. The molecule has 0 radical (unpaired) electrons. The van der Waals surface area contributed by atoms with Crippen molar-refractivity contribution in [2.45, 2.75) is 34.1 Å². The molecule has 0 bridgehead atoms. The monoisotopic (exact) mass is 288 g/mol. The van der Waals surface area contributed by atoms with Crippen LogP contribution in [0.2, 0.25) is 0 Å². The van der Waals surface area contributed by atoms with E-state index in [4.69, 9.17) is 0 Å². The number of halogens is 1. The molecule has 1 aromatic heterocycles. The lowest BCUT2D eigenvalue weighted by atomic mass is 10.2. The van der Waals surface area contributed by atoms with Crippen molar-refractivity contribution in [1.82, 2.24) is 9.97 Å². The van der Waals surface area contributed by atoms with Crippen molar-refractivity contribution in [3.63, 3.8) is 0 Å². The Hall–Kier alpha value is -2.17. The lowest BCUT2D eigenvalue weighted by molar-refractivity contribution is 0.630. The molecule has 0 spiro atoms. The zero-order valence-corrected chi connectivity index (χ0v) is 12.9. The van der Waals surface area contributed by atoms with E-state index in [1.54, 1.807) is 6.07 Å². The van der Waals surface area contributed by atoms with E-state index in [2.05, 4.69) is 27.5 Å². The molecular formula is C16H21FN4. The molecule has 0 saturated heterocycles. The van der Waals surface area contributed by atoms with Crippen molar-refractivity contribution < 1.29 is 4.39 Å². The molecular weight excluding hydrogens is 267 g/mol. The van der Waals surface area contributed by atoms with Gasteiger partial charge >= 0.3 is 0 Å². The van der Waals surface area contributed by atoms with Crippen LogP contribution < -0.4 is 10.6 Å². The summed E-state index contributed by atoms with van der Waals surface area (Å²) in [4.78, 5) is 8.79. The van der Waals surface area contributed by atoms with Crippen LogP contribution in [-0.2, 0) is 0 Å². The molecule has 21 heavy (non-hydrogen) atoms. The molecule has 0 aliphatic heterocycles.